The second-order valence-electron chi connectivity index (χ2n) is 5.69. The minimum Gasteiger partial charge on any atom is -0.481 e. The lowest BCUT2D eigenvalue weighted by Gasteiger charge is -2.11. The fourth-order valence-corrected chi connectivity index (χ4v) is 2.72. The fourth-order valence-electron chi connectivity index (χ4n) is 2.72. The van der Waals surface area contributed by atoms with E-state index < -0.39 is 23.2 Å². The zero-order chi connectivity index (χ0) is 14.9. The van der Waals surface area contributed by atoms with Crippen LogP contribution in [-0.4, -0.2) is 24.1 Å². The Labute approximate surface area is 117 Å². The fraction of sp³-hybridized carbons (Fsp3) is 0.467. The summed E-state index contributed by atoms with van der Waals surface area (Å²) in [7, 11) is 1.59. The number of carbonyl (C=O) groups excluding carboxylic acids is 1. The molecule has 2 rings (SSSR count). The summed E-state index contributed by atoms with van der Waals surface area (Å²) in [6.07, 6.45) is 0. The topological polar surface area (TPSA) is 75.6 Å². The lowest BCUT2D eigenvalue weighted by atomic mass is 10.1. The molecule has 1 amide bonds. The summed E-state index contributed by atoms with van der Waals surface area (Å²) in [6.45, 7) is 4.00. The van der Waals surface area contributed by atoms with Crippen molar-refractivity contribution in [2.75, 3.05) is 12.4 Å². The number of rotatable bonds is 5. The third-order valence-corrected chi connectivity index (χ3v) is 3.95. The van der Waals surface area contributed by atoms with Crippen LogP contribution in [0.25, 0.3) is 0 Å². The number of amides is 1. The van der Waals surface area contributed by atoms with Gasteiger partial charge < -0.3 is 15.2 Å². The molecular weight excluding hydrogens is 258 g/mol. The summed E-state index contributed by atoms with van der Waals surface area (Å²) in [4.78, 5) is 23.4. The molecule has 20 heavy (non-hydrogen) atoms. The number of benzene rings is 1. The maximum atomic E-state index is 12.2. The number of carboxylic acid groups (broad SMARTS) is 1. The van der Waals surface area contributed by atoms with Crippen LogP contribution in [0.3, 0.4) is 0 Å². The van der Waals surface area contributed by atoms with Crippen molar-refractivity contribution in [3.05, 3.63) is 29.8 Å². The molecule has 1 aromatic rings. The minimum absolute atomic E-state index is 0.244. The molecule has 2 N–H and O–H groups in total. The van der Waals surface area contributed by atoms with Crippen molar-refractivity contribution < 1.29 is 19.4 Å². The first-order chi connectivity index (χ1) is 9.39. The Kier molecular flexibility index (Phi) is 3.81. The lowest BCUT2D eigenvalue weighted by molar-refractivity contribution is -0.140. The van der Waals surface area contributed by atoms with Gasteiger partial charge in [0.25, 0.3) is 0 Å². The van der Waals surface area contributed by atoms with Gasteiger partial charge >= 0.3 is 5.97 Å². The van der Waals surface area contributed by atoms with Crippen molar-refractivity contribution in [2.24, 2.45) is 17.3 Å². The van der Waals surface area contributed by atoms with Crippen LogP contribution in [0.1, 0.15) is 19.4 Å². The number of nitrogens with one attached hydrogen (secondary N) is 1. The quantitative estimate of drug-likeness (QED) is 0.864. The van der Waals surface area contributed by atoms with Crippen molar-refractivity contribution >= 4 is 17.6 Å². The van der Waals surface area contributed by atoms with Crippen LogP contribution in [0.2, 0.25) is 0 Å². The van der Waals surface area contributed by atoms with E-state index in [1.807, 2.05) is 18.2 Å². The van der Waals surface area contributed by atoms with E-state index in [1.54, 1.807) is 27.0 Å². The van der Waals surface area contributed by atoms with E-state index in [1.165, 1.54) is 0 Å². The molecule has 0 unspecified atom stereocenters. The van der Waals surface area contributed by atoms with Gasteiger partial charge in [-0.1, -0.05) is 32.0 Å². The number of carbonyl (C=O) groups is 2. The molecule has 1 aliphatic carbocycles. The van der Waals surface area contributed by atoms with E-state index in [0.29, 0.717) is 12.3 Å². The van der Waals surface area contributed by atoms with Crippen molar-refractivity contribution in [1.82, 2.24) is 0 Å². The summed E-state index contributed by atoms with van der Waals surface area (Å²) in [6, 6.07) is 7.34. The summed E-state index contributed by atoms with van der Waals surface area (Å²) in [5, 5.41) is 11.9. The zero-order valence-corrected chi connectivity index (χ0v) is 11.8. The second kappa shape index (κ2) is 5.25. The van der Waals surface area contributed by atoms with Gasteiger partial charge in [0.15, 0.2) is 0 Å². The number of methoxy groups -OCH3 is 1. The highest BCUT2D eigenvalue weighted by Crippen LogP contribution is 2.58. The lowest BCUT2D eigenvalue weighted by Crippen LogP contribution is -2.18. The highest BCUT2D eigenvalue weighted by Gasteiger charge is 2.65. The summed E-state index contributed by atoms with van der Waals surface area (Å²) < 4.78 is 5.08. The smallest absolute Gasteiger partial charge is 0.307 e. The third kappa shape index (κ3) is 2.54. The van der Waals surface area contributed by atoms with Gasteiger partial charge in [-0.05, 0) is 11.5 Å². The normalized spacial score (nSPS) is 23.1. The van der Waals surface area contributed by atoms with E-state index in [0.717, 1.165) is 5.56 Å². The number of carboxylic acids is 1. The van der Waals surface area contributed by atoms with Crippen LogP contribution in [-0.2, 0) is 20.9 Å². The van der Waals surface area contributed by atoms with Crippen LogP contribution >= 0.6 is 0 Å². The molecule has 108 valence electrons. The molecule has 1 fully saturated rings. The van der Waals surface area contributed by atoms with Gasteiger partial charge in [-0.15, -0.1) is 0 Å². The van der Waals surface area contributed by atoms with E-state index in [2.05, 4.69) is 5.32 Å². The Balaban J connectivity index is 2.12. The molecule has 5 heteroatoms. The highest BCUT2D eigenvalue weighted by atomic mass is 16.5. The van der Waals surface area contributed by atoms with Crippen LogP contribution < -0.4 is 5.32 Å². The second-order valence-corrected chi connectivity index (χ2v) is 5.69. The maximum Gasteiger partial charge on any atom is 0.307 e. The van der Waals surface area contributed by atoms with Crippen molar-refractivity contribution in [3.8, 4) is 0 Å². The number of hydrogen-bond donors (Lipinski definition) is 2. The molecular formula is C15H19NO4. The van der Waals surface area contributed by atoms with Crippen molar-refractivity contribution in [2.45, 2.75) is 20.5 Å². The standard InChI is InChI=1S/C15H19NO4/c1-15(2)11(12(15)14(18)19)13(17)16-10-7-5-4-6-9(10)8-20-3/h4-7,11-12H,8H2,1-3H3,(H,16,17)(H,18,19)/t11-,12+/m0/s1. The first-order valence-electron chi connectivity index (χ1n) is 6.50. The molecule has 0 aromatic heterocycles. The Hall–Kier alpha value is -1.88. The predicted octanol–water partition coefficient (Wildman–Crippen LogP) is 2.13. The Morgan fingerprint density at radius 2 is 1.95 bits per heavy atom. The molecule has 0 saturated heterocycles. The van der Waals surface area contributed by atoms with Gasteiger partial charge in [-0.3, -0.25) is 9.59 Å². The SMILES string of the molecule is COCc1ccccc1NC(=O)[C@@H]1[C@H](C(=O)O)C1(C)C. The Morgan fingerprint density at radius 3 is 2.50 bits per heavy atom. The first-order valence-corrected chi connectivity index (χ1v) is 6.50. The van der Waals surface area contributed by atoms with Gasteiger partial charge in [0.1, 0.15) is 0 Å². The average Bonchev–Trinajstić information content (AvgIpc) is 2.95. The van der Waals surface area contributed by atoms with Crippen LogP contribution in [0, 0.1) is 17.3 Å². The van der Waals surface area contributed by atoms with Gasteiger partial charge in [0, 0.05) is 18.4 Å². The van der Waals surface area contributed by atoms with E-state index in [4.69, 9.17) is 9.84 Å². The molecule has 0 bridgehead atoms. The maximum absolute atomic E-state index is 12.2. The molecule has 1 aromatic carbocycles. The van der Waals surface area contributed by atoms with Gasteiger partial charge in [-0.2, -0.15) is 0 Å². The number of ether oxygens (including phenoxy) is 1. The van der Waals surface area contributed by atoms with Gasteiger partial charge in [0.2, 0.25) is 5.91 Å². The van der Waals surface area contributed by atoms with E-state index in [-0.39, 0.29) is 5.91 Å². The van der Waals surface area contributed by atoms with Gasteiger partial charge in [0.05, 0.1) is 18.4 Å². The number of para-hydroxylation sites is 1. The average molecular weight is 277 g/mol. The third-order valence-electron chi connectivity index (χ3n) is 3.95. The molecule has 1 saturated carbocycles. The predicted molar refractivity (Wildman–Crippen MR) is 74.2 cm³/mol. The largest absolute Gasteiger partial charge is 0.481 e. The van der Waals surface area contributed by atoms with Crippen LogP contribution in [0.5, 0.6) is 0 Å². The van der Waals surface area contributed by atoms with Crippen LogP contribution in [0.15, 0.2) is 24.3 Å². The zero-order valence-electron chi connectivity index (χ0n) is 11.8. The summed E-state index contributed by atoms with van der Waals surface area (Å²) in [5.74, 6) is -2.26. The van der Waals surface area contributed by atoms with Crippen molar-refractivity contribution in [3.63, 3.8) is 0 Å². The monoisotopic (exact) mass is 277 g/mol. The van der Waals surface area contributed by atoms with Gasteiger partial charge in [-0.25, -0.2) is 0 Å². The van der Waals surface area contributed by atoms with Crippen LogP contribution in [0.4, 0.5) is 5.69 Å². The summed E-state index contributed by atoms with van der Waals surface area (Å²) in [5.41, 5.74) is 1.05. The number of hydrogen-bond acceptors (Lipinski definition) is 3. The number of anilines is 1. The molecule has 0 heterocycles. The highest BCUT2D eigenvalue weighted by molar-refractivity contribution is 6.00. The van der Waals surface area contributed by atoms with Crippen molar-refractivity contribution in [1.29, 1.82) is 0 Å². The molecule has 0 radical (unpaired) electrons. The number of aliphatic carboxylic acids is 1. The molecule has 1 aliphatic rings. The molecule has 2 atom stereocenters. The summed E-state index contributed by atoms with van der Waals surface area (Å²) >= 11 is 0. The Morgan fingerprint density at radius 1 is 1.30 bits per heavy atom. The molecule has 5 nitrogen and oxygen atoms in total. The van der Waals surface area contributed by atoms with E-state index in [9.17, 15) is 9.59 Å². The Bertz CT molecular complexity index is 538. The minimum atomic E-state index is -0.916. The van der Waals surface area contributed by atoms with E-state index >= 15 is 0 Å². The molecule has 0 spiro atoms. The molecule has 0 aliphatic heterocycles. The first kappa shape index (κ1) is 14.5.